The third-order valence-corrected chi connectivity index (χ3v) is 1.88. The van der Waals surface area contributed by atoms with E-state index in [1.807, 2.05) is 0 Å². The van der Waals surface area contributed by atoms with Gasteiger partial charge in [-0.3, -0.25) is 4.79 Å². The average Bonchev–Trinajstić information content (AvgIpc) is 2.76. The lowest BCUT2D eigenvalue weighted by Crippen LogP contribution is -2.41. The van der Waals surface area contributed by atoms with E-state index in [0.29, 0.717) is 0 Å². The zero-order chi connectivity index (χ0) is 13.7. The lowest BCUT2D eigenvalue weighted by Gasteiger charge is -2.08. The van der Waals surface area contributed by atoms with Crippen LogP contribution in [-0.4, -0.2) is 49.6 Å². The maximum absolute atomic E-state index is 11.5. The summed E-state index contributed by atoms with van der Waals surface area (Å²) >= 11 is 0. The van der Waals surface area contributed by atoms with Crippen molar-refractivity contribution >= 4 is 17.7 Å². The molecule has 0 radical (unpaired) electrons. The molecular formula is C7H10N6O5. The van der Waals surface area contributed by atoms with Crippen molar-refractivity contribution in [2.45, 2.75) is 6.04 Å². The van der Waals surface area contributed by atoms with E-state index >= 15 is 0 Å². The van der Waals surface area contributed by atoms with Gasteiger partial charge in [-0.05, 0) is 0 Å². The van der Waals surface area contributed by atoms with Crippen LogP contribution in [0.4, 0.5) is 5.82 Å². The number of carboxylic acids is 1. The predicted molar refractivity (Wildman–Crippen MR) is 54.9 cm³/mol. The van der Waals surface area contributed by atoms with Crippen LogP contribution in [0.15, 0.2) is 11.6 Å². The highest BCUT2D eigenvalue weighted by Crippen LogP contribution is 2.09. The molecule has 6 N–H and O–H groups in total. The molecule has 1 amide bonds. The van der Waals surface area contributed by atoms with Crippen LogP contribution in [0.1, 0.15) is 10.5 Å². The van der Waals surface area contributed by atoms with Gasteiger partial charge in [0.1, 0.15) is 6.04 Å². The molecule has 0 saturated heterocycles. The van der Waals surface area contributed by atoms with Gasteiger partial charge in [0.2, 0.25) is 12.5 Å². The molecule has 98 valence electrons. The summed E-state index contributed by atoms with van der Waals surface area (Å²) in [5.74, 6) is -2.37. The molecule has 11 heteroatoms. The fourth-order valence-electron chi connectivity index (χ4n) is 1.05. The monoisotopic (exact) mass is 258 g/mol. The third-order valence-electron chi connectivity index (χ3n) is 1.88. The van der Waals surface area contributed by atoms with Crippen LogP contribution < -0.4 is 11.1 Å². The maximum atomic E-state index is 11.5. The number of aromatic carboxylic acids is 1. The van der Waals surface area contributed by atoms with Crippen molar-refractivity contribution in [1.29, 1.82) is 0 Å². The summed E-state index contributed by atoms with van der Waals surface area (Å²) in [6, 6.07) is -1.31. The van der Waals surface area contributed by atoms with Gasteiger partial charge in [-0.2, -0.15) is 0 Å². The summed E-state index contributed by atoms with van der Waals surface area (Å²) in [5, 5.41) is 31.8. The molecule has 1 heterocycles. The molecule has 0 aromatic carbocycles. The molecule has 0 aliphatic heterocycles. The molecule has 0 spiro atoms. The van der Waals surface area contributed by atoms with Crippen molar-refractivity contribution in [3.8, 4) is 0 Å². The van der Waals surface area contributed by atoms with E-state index in [1.54, 1.807) is 0 Å². The minimum atomic E-state index is -1.31. The first-order valence-electron chi connectivity index (χ1n) is 4.58. The van der Waals surface area contributed by atoms with Gasteiger partial charge in [-0.1, -0.05) is 4.86 Å². The first kappa shape index (κ1) is 13.4. The fraction of sp³-hybridized carbons (Fsp3) is 0.286. The Morgan fingerprint density at radius 2 is 2.39 bits per heavy atom. The number of rotatable bonds is 5. The molecule has 0 aliphatic rings. The first-order chi connectivity index (χ1) is 8.45. The Bertz CT molecular complexity index is 482. The second-order valence-electron chi connectivity index (χ2n) is 3.15. The molecule has 0 aliphatic carbocycles. The number of anilines is 1. The quantitative estimate of drug-likeness (QED) is 0.248. The topological polar surface area (TPSA) is 180 Å². The molecule has 1 aromatic rings. The highest BCUT2D eigenvalue weighted by atomic mass is 16.6. The van der Waals surface area contributed by atoms with Crippen LogP contribution in [-0.2, 0) is 4.79 Å². The fourth-order valence-corrected chi connectivity index (χ4v) is 1.05. The number of carbonyl (C=O) groups is 2. The highest BCUT2D eigenvalue weighted by Gasteiger charge is 2.22. The minimum Gasteiger partial charge on any atom is -0.597 e. The Hall–Kier alpha value is -2.69. The van der Waals surface area contributed by atoms with E-state index < -0.39 is 24.5 Å². The Balaban J connectivity index is 2.70. The van der Waals surface area contributed by atoms with Crippen LogP contribution in [0.2, 0.25) is 0 Å². The lowest BCUT2D eigenvalue weighted by atomic mass is 10.3. The van der Waals surface area contributed by atoms with Gasteiger partial charge in [-0.25, -0.2) is 9.78 Å². The van der Waals surface area contributed by atoms with E-state index in [0.717, 1.165) is 6.33 Å². The number of hydrogen-bond donors (Lipinski definition) is 5. The lowest BCUT2D eigenvalue weighted by molar-refractivity contribution is -0.555. The molecule has 0 fully saturated rings. The Morgan fingerprint density at radius 1 is 1.72 bits per heavy atom. The number of carboxylic acid groups (broad SMARTS) is 1. The van der Waals surface area contributed by atoms with Crippen molar-refractivity contribution in [3.63, 3.8) is 0 Å². The predicted octanol–water partition coefficient (Wildman–Crippen LogP) is -1.27. The third kappa shape index (κ3) is 3.15. The second-order valence-corrected chi connectivity index (χ2v) is 3.15. The largest absolute Gasteiger partial charge is 0.597 e. The van der Waals surface area contributed by atoms with Gasteiger partial charge >= 0.3 is 5.97 Å². The van der Waals surface area contributed by atoms with Gasteiger partial charge < -0.3 is 31.6 Å². The summed E-state index contributed by atoms with van der Waals surface area (Å²) in [6.07, 6.45) is 1.08. The van der Waals surface area contributed by atoms with Gasteiger partial charge in [0, 0.05) is 0 Å². The van der Waals surface area contributed by atoms with E-state index in [4.69, 9.17) is 16.0 Å². The zero-order valence-corrected chi connectivity index (χ0v) is 8.90. The number of aromatic amines is 1. The molecule has 0 saturated carbocycles. The number of carbonyl (C=O) groups excluding carboxylic acids is 1. The van der Waals surface area contributed by atoms with Crippen molar-refractivity contribution in [3.05, 3.63) is 17.2 Å². The van der Waals surface area contributed by atoms with Crippen LogP contribution in [0.25, 0.3) is 0 Å². The number of H-pyrrole nitrogens is 1. The Labute approximate surface area is 99.5 Å². The molecular weight excluding hydrogens is 248 g/mol. The number of hydroxylamine groups is 1. The van der Waals surface area contributed by atoms with Crippen LogP contribution in [0.3, 0.4) is 0 Å². The second kappa shape index (κ2) is 5.58. The van der Waals surface area contributed by atoms with E-state index in [-0.39, 0.29) is 16.4 Å². The minimum absolute atomic E-state index is 0.188. The Morgan fingerprint density at radius 3 is 2.94 bits per heavy atom. The van der Waals surface area contributed by atoms with Crippen LogP contribution in [0, 0.1) is 5.21 Å². The van der Waals surface area contributed by atoms with Crippen molar-refractivity contribution in [2.24, 2.45) is 11.0 Å². The Kier molecular flexibility index (Phi) is 4.15. The smallest absolute Gasteiger partial charge is 0.356 e. The highest BCUT2D eigenvalue weighted by molar-refractivity contribution is 5.99. The van der Waals surface area contributed by atoms with Crippen LogP contribution in [0.5, 0.6) is 0 Å². The normalized spacial score (nSPS) is 13.1. The molecule has 0 bridgehead atoms. The molecule has 1 atom stereocenters. The summed E-state index contributed by atoms with van der Waals surface area (Å²) in [7, 11) is 0. The molecule has 11 nitrogen and oxygen atoms in total. The van der Waals surface area contributed by atoms with E-state index in [1.165, 1.54) is 0 Å². The van der Waals surface area contributed by atoms with E-state index in [2.05, 4.69) is 20.6 Å². The van der Waals surface area contributed by atoms with Gasteiger partial charge in [0.05, 0.1) is 6.33 Å². The number of nitrogens with zero attached hydrogens (tertiary/aromatic N) is 3. The van der Waals surface area contributed by atoms with Crippen molar-refractivity contribution in [1.82, 2.24) is 9.97 Å². The summed E-state index contributed by atoms with van der Waals surface area (Å²) < 4.78 is 0. The number of imidazole rings is 1. The first-order valence-corrected chi connectivity index (χ1v) is 4.58. The molecule has 0 unspecified atom stereocenters. The van der Waals surface area contributed by atoms with Crippen molar-refractivity contribution in [2.75, 3.05) is 11.9 Å². The number of nitrogens with one attached hydrogen (secondary N) is 2. The van der Waals surface area contributed by atoms with Gasteiger partial charge in [0.15, 0.2) is 16.8 Å². The maximum Gasteiger partial charge on any atom is 0.356 e. The number of hydrogen-bond acceptors (Lipinski definition) is 6. The zero-order valence-electron chi connectivity index (χ0n) is 8.90. The molecule has 1 aromatic heterocycles. The van der Waals surface area contributed by atoms with E-state index in [9.17, 15) is 14.8 Å². The standard InChI is InChI=1S/C7H10N6O5/c8-3(1-13(18)12-17)6(14)11-5-4(7(15)16)9-2-10-5/h2-3,17H,1,8H2,(H,9,10)(H,11,14)(H,15,16)/t3-/m0/s1. The number of amides is 1. The number of aromatic nitrogens is 2. The SMILES string of the molecule is N[C@@H](C[N+]([O-])=NO)C(=O)Nc1nc[nH]c1C(=O)O. The molecule has 1 rings (SSSR count). The van der Waals surface area contributed by atoms with Gasteiger partial charge in [-0.15, -0.1) is 0 Å². The summed E-state index contributed by atoms with van der Waals surface area (Å²) in [4.78, 5) is 27.9. The van der Waals surface area contributed by atoms with Crippen molar-refractivity contribution < 1.29 is 24.8 Å². The number of nitrogens with two attached hydrogens (primary N) is 1. The van der Waals surface area contributed by atoms with Crippen LogP contribution >= 0.6 is 0 Å². The summed E-state index contributed by atoms with van der Waals surface area (Å²) in [6.45, 7) is -0.588. The van der Waals surface area contributed by atoms with Gasteiger partial charge in [0.25, 0.3) is 0 Å². The molecule has 18 heavy (non-hydrogen) atoms. The average molecular weight is 258 g/mol. The summed E-state index contributed by atoms with van der Waals surface area (Å²) in [5.41, 5.74) is 5.01.